The number of methoxy groups -OCH3 is 1. The second-order valence-electron chi connectivity index (χ2n) is 6.43. The molecule has 0 bridgehead atoms. The summed E-state index contributed by atoms with van der Waals surface area (Å²) in [6.07, 6.45) is 5.38. The number of hydrogen-bond acceptors (Lipinski definition) is 5. The van der Waals surface area contributed by atoms with Crippen molar-refractivity contribution in [2.24, 2.45) is 4.99 Å². The normalized spacial score (nSPS) is 23.6. The third-order valence-corrected chi connectivity index (χ3v) is 4.85. The van der Waals surface area contributed by atoms with Crippen molar-refractivity contribution in [3.05, 3.63) is 12.2 Å². The van der Waals surface area contributed by atoms with E-state index in [0.717, 1.165) is 63.8 Å². The Hall–Kier alpha value is -1.67. The predicted octanol–water partition coefficient (Wildman–Crippen LogP) is 0.344. The molecular formula is C16H28N6O2. The topological polar surface area (TPSA) is 85.6 Å². The number of ether oxygens (including phenoxy) is 2. The summed E-state index contributed by atoms with van der Waals surface area (Å²) >= 11 is 0. The highest BCUT2D eigenvalue weighted by molar-refractivity contribution is 5.80. The van der Waals surface area contributed by atoms with Crippen LogP contribution in [0.4, 0.5) is 0 Å². The van der Waals surface area contributed by atoms with Gasteiger partial charge in [0.15, 0.2) is 5.96 Å². The number of rotatable bonds is 5. The molecule has 2 aliphatic rings. The van der Waals surface area contributed by atoms with Crippen molar-refractivity contribution >= 4 is 5.96 Å². The van der Waals surface area contributed by atoms with Gasteiger partial charge in [-0.25, -0.2) is 9.67 Å². The first-order chi connectivity index (χ1) is 11.7. The third-order valence-electron chi connectivity index (χ3n) is 4.85. The molecule has 1 unspecified atom stereocenters. The van der Waals surface area contributed by atoms with Crippen molar-refractivity contribution < 1.29 is 9.47 Å². The first-order valence-corrected chi connectivity index (χ1v) is 8.79. The number of aromatic nitrogens is 3. The molecule has 3 heterocycles. The van der Waals surface area contributed by atoms with Gasteiger partial charge in [0.05, 0.1) is 18.7 Å². The van der Waals surface area contributed by atoms with E-state index in [9.17, 15) is 0 Å². The summed E-state index contributed by atoms with van der Waals surface area (Å²) in [4.78, 5) is 9.06. The first kappa shape index (κ1) is 17.2. The lowest BCUT2D eigenvalue weighted by atomic mass is 9.94. The van der Waals surface area contributed by atoms with Crippen LogP contribution in [0.2, 0.25) is 0 Å². The van der Waals surface area contributed by atoms with Crippen molar-refractivity contribution in [1.82, 2.24) is 25.4 Å². The number of aryl methyl sites for hydroxylation is 1. The highest BCUT2D eigenvalue weighted by atomic mass is 16.5. The summed E-state index contributed by atoms with van der Waals surface area (Å²) in [5, 5.41) is 11.1. The Bertz CT molecular complexity index is 553. The quantitative estimate of drug-likeness (QED) is 0.596. The summed E-state index contributed by atoms with van der Waals surface area (Å²) in [5.74, 6) is 1.91. The minimum Gasteiger partial charge on any atom is -0.381 e. The fourth-order valence-corrected chi connectivity index (χ4v) is 3.26. The van der Waals surface area contributed by atoms with Crippen molar-refractivity contribution in [3.63, 3.8) is 0 Å². The van der Waals surface area contributed by atoms with Crippen LogP contribution in [0.25, 0.3) is 0 Å². The van der Waals surface area contributed by atoms with Crippen LogP contribution < -0.4 is 10.6 Å². The van der Waals surface area contributed by atoms with E-state index >= 15 is 0 Å². The molecule has 8 nitrogen and oxygen atoms in total. The molecule has 1 aromatic rings. The van der Waals surface area contributed by atoms with Gasteiger partial charge in [0.1, 0.15) is 12.2 Å². The third kappa shape index (κ3) is 4.05. The molecule has 0 amide bonds. The van der Waals surface area contributed by atoms with Crippen LogP contribution in [-0.4, -0.2) is 65.8 Å². The Morgan fingerprint density at radius 1 is 1.50 bits per heavy atom. The van der Waals surface area contributed by atoms with E-state index in [1.807, 2.05) is 4.68 Å². The summed E-state index contributed by atoms with van der Waals surface area (Å²) in [5.41, 5.74) is -0.202. The number of hydrogen-bond donors (Lipinski definition) is 2. The van der Waals surface area contributed by atoms with Crippen molar-refractivity contribution in [1.29, 1.82) is 0 Å². The Labute approximate surface area is 143 Å². The largest absolute Gasteiger partial charge is 0.381 e. The lowest BCUT2D eigenvalue weighted by Gasteiger charge is -2.35. The average Bonchev–Trinajstić information content (AvgIpc) is 3.08. The zero-order valence-corrected chi connectivity index (χ0v) is 14.6. The molecule has 2 aliphatic heterocycles. The van der Waals surface area contributed by atoms with Gasteiger partial charge in [-0.2, -0.15) is 5.10 Å². The molecular weight excluding hydrogens is 308 g/mol. The molecule has 1 fully saturated rings. The molecule has 0 spiro atoms. The Morgan fingerprint density at radius 2 is 2.33 bits per heavy atom. The molecule has 1 saturated heterocycles. The fourth-order valence-electron chi connectivity index (χ4n) is 3.26. The van der Waals surface area contributed by atoms with E-state index in [1.165, 1.54) is 0 Å². The minimum atomic E-state index is -0.202. The Morgan fingerprint density at radius 3 is 3.08 bits per heavy atom. The summed E-state index contributed by atoms with van der Waals surface area (Å²) in [7, 11) is 1.77. The molecule has 1 atom stereocenters. The predicted molar refractivity (Wildman–Crippen MR) is 91.0 cm³/mol. The number of nitrogens with one attached hydrogen (secondary N) is 2. The SMILES string of the molecule is CCNC(=NCC1(OC)CCOCC1)NC1CCc2ncnn2C1. The maximum atomic E-state index is 5.77. The molecule has 1 aromatic heterocycles. The van der Waals surface area contributed by atoms with Crippen LogP contribution in [0, 0.1) is 0 Å². The molecule has 0 saturated carbocycles. The second kappa shape index (κ2) is 7.94. The maximum absolute atomic E-state index is 5.77. The van der Waals surface area contributed by atoms with Gasteiger partial charge in [0.2, 0.25) is 0 Å². The first-order valence-electron chi connectivity index (χ1n) is 8.79. The van der Waals surface area contributed by atoms with Gasteiger partial charge in [-0.05, 0) is 13.3 Å². The molecule has 0 radical (unpaired) electrons. The van der Waals surface area contributed by atoms with E-state index in [2.05, 4.69) is 27.6 Å². The summed E-state index contributed by atoms with van der Waals surface area (Å²) in [6.45, 7) is 5.85. The van der Waals surface area contributed by atoms with Crippen LogP contribution in [0.3, 0.4) is 0 Å². The molecule has 24 heavy (non-hydrogen) atoms. The van der Waals surface area contributed by atoms with Crippen molar-refractivity contribution in [2.45, 2.75) is 50.8 Å². The van der Waals surface area contributed by atoms with Gasteiger partial charge in [0.25, 0.3) is 0 Å². The molecule has 0 aromatic carbocycles. The van der Waals surface area contributed by atoms with Gasteiger partial charge in [-0.3, -0.25) is 4.99 Å². The van der Waals surface area contributed by atoms with E-state index in [-0.39, 0.29) is 5.60 Å². The lowest BCUT2D eigenvalue weighted by Crippen LogP contribution is -2.48. The average molecular weight is 336 g/mol. The molecule has 134 valence electrons. The number of nitrogens with zero attached hydrogens (tertiary/aromatic N) is 4. The maximum Gasteiger partial charge on any atom is 0.191 e. The summed E-state index contributed by atoms with van der Waals surface area (Å²) < 4.78 is 13.2. The molecule has 3 rings (SSSR count). The molecule has 0 aliphatic carbocycles. The Kier molecular flexibility index (Phi) is 5.68. The zero-order chi connectivity index (χ0) is 16.8. The van der Waals surface area contributed by atoms with E-state index in [1.54, 1.807) is 13.4 Å². The van der Waals surface area contributed by atoms with Crippen molar-refractivity contribution in [2.75, 3.05) is 33.4 Å². The van der Waals surface area contributed by atoms with Crippen LogP contribution in [0.1, 0.15) is 32.0 Å². The van der Waals surface area contributed by atoms with Crippen molar-refractivity contribution in [3.8, 4) is 0 Å². The van der Waals surface area contributed by atoms with Crippen LogP contribution >= 0.6 is 0 Å². The lowest BCUT2D eigenvalue weighted by molar-refractivity contribution is -0.0828. The minimum absolute atomic E-state index is 0.202. The number of fused-ring (bicyclic) bond motifs is 1. The zero-order valence-electron chi connectivity index (χ0n) is 14.6. The molecule has 8 heteroatoms. The summed E-state index contributed by atoms with van der Waals surface area (Å²) in [6, 6.07) is 0.310. The van der Waals surface area contributed by atoms with Gasteiger partial charge in [-0.15, -0.1) is 0 Å². The molecule has 2 N–H and O–H groups in total. The Balaban J connectivity index is 1.61. The number of aliphatic imine (C=N–C) groups is 1. The van der Waals surface area contributed by atoms with Gasteiger partial charge in [0, 0.05) is 52.2 Å². The van der Waals surface area contributed by atoms with Gasteiger partial charge < -0.3 is 20.1 Å². The second-order valence-corrected chi connectivity index (χ2v) is 6.43. The highest BCUT2D eigenvalue weighted by Crippen LogP contribution is 2.24. The monoisotopic (exact) mass is 336 g/mol. The standard InChI is InChI=1S/C16H28N6O2/c1-3-17-15(18-11-16(23-2)6-8-24-9-7-16)21-13-4-5-14-19-12-20-22(14)10-13/h12-13H,3-11H2,1-2H3,(H2,17,18,21). The van der Waals surface area contributed by atoms with Gasteiger partial charge in [-0.1, -0.05) is 0 Å². The van der Waals surface area contributed by atoms with E-state index in [0.29, 0.717) is 12.6 Å². The highest BCUT2D eigenvalue weighted by Gasteiger charge is 2.32. The van der Waals surface area contributed by atoms with E-state index in [4.69, 9.17) is 14.5 Å². The number of guanidine groups is 1. The van der Waals surface area contributed by atoms with Crippen LogP contribution in [-0.2, 0) is 22.4 Å². The van der Waals surface area contributed by atoms with Crippen LogP contribution in [0.15, 0.2) is 11.3 Å². The van der Waals surface area contributed by atoms with Crippen LogP contribution in [0.5, 0.6) is 0 Å². The smallest absolute Gasteiger partial charge is 0.191 e. The van der Waals surface area contributed by atoms with Gasteiger partial charge >= 0.3 is 0 Å². The van der Waals surface area contributed by atoms with E-state index < -0.39 is 0 Å². The fraction of sp³-hybridized carbons (Fsp3) is 0.812.